The van der Waals surface area contributed by atoms with E-state index in [9.17, 15) is 0 Å². The first kappa shape index (κ1) is 13.4. The molecule has 2 unspecified atom stereocenters. The lowest BCUT2D eigenvalue weighted by Crippen LogP contribution is -2.36. The van der Waals surface area contributed by atoms with Crippen LogP contribution in [-0.4, -0.2) is 18.7 Å². The van der Waals surface area contributed by atoms with Crippen molar-refractivity contribution >= 4 is 0 Å². The first-order valence-electron chi connectivity index (χ1n) is 7.13. The van der Waals surface area contributed by atoms with E-state index in [0.717, 1.165) is 24.6 Å². The lowest BCUT2D eigenvalue weighted by molar-refractivity contribution is 0.220. The van der Waals surface area contributed by atoms with Crippen LogP contribution in [0.5, 0.6) is 5.75 Å². The minimum Gasteiger partial charge on any atom is -0.488 e. The molecule has 0 aromatic heterocycles. The molecule has 0 amide bonds. The molecule has 0 aliphatic carbocycles. The van der Waals surface area contributed by atoms with Gasteiger partial charge in [-0.1, -0.05) is 32.0 Å². The Hall–Kier alpha value is -1.02. The van der Waals surface area contributed by atoms with Gasteiger partial charge in [0.05, 0.1) is 0 Å². The van der Waals surface area contributed by atoms with Crippen LogP contribution in [0.3, 0.4) is 0 Å². The lowest BCUT2D eigenvalue weighted by Gasteiger charge is -2.18. The maximum atomic E-state index is 5.92. The number of fused-ring (bicyclic) bond motifs is 1. The number of hydrogen-bond donors (Lipinski definition) is 1. The van der Waals surface area contributed by atoms with Crippen LogP contribution in [0, 0.1) is 5.92 Å². The molecular formula is C16H25NO. The predicted molar refractivity (Wildman–Crippen MR) is 76.1 cm³/mol. The fourth-order valence-electron chi connectivity index (χ4n) is 2.39. The first-order chi connectivity index (χ1) is 8.65. The van der Waals surface area contributed by atoms with Gasteiger partial charge in [-0.25, -0.2) is 0 Å². The summed E-state index contributed by atoms with van der Waals surface area (Å²) < 4.78 is 5.92. The van der Waals surface area contributed by atoms with Crippen molar-refractivity contribution in [2.24, 2.45) is 5.92 Å². The molecule has 1 N–H and O–H groups in total. The van der Waals surface area contributed by atoms with Crippen molar-refractivity contribution in [1.82, 2.24) is 5.32 Å². The number of nitrogens with one attached hydrogen (secondary N) is 1. The van der Waals surface area contributed by atoms with Crippen molar-refractivity contribution in [2.45, 2.75) is 52.2 Å². The maximum Gasteiger partial charge on any atom is 0.123 e. The van der Waals surface area contributed by atoms with Gasteiger partial charge in [-0.3, -0.25) is 0 Å². The molecule has 0 fully saturated rings. The van der Waals surface area contributed by atoms with Gasteiger partial charge in [-0.15, -0.1) is 0 Å². The highest BCUT2D eigenvalue weighted by atomic mass is 16.5. The number of ether oxygens (including phenoxy) is 1. The Bertz CT molecular complexity index is 350. The van der Waals surface area contributed by atoms with Crippen LogP contribution >= 0.6 is 0 Å². The average Bonchev–Trinajstić information content (AvgIpc) is 2.76. The third-order valence-corrected chi connectivity index (χ3v) is 3.58. The van der Waals surface area contributed by atoms with Gasteiger partial charge in [0.1, 0.15) is 11.9 Å². The Morgan fingerprint density at radius 2 is 2.00 bits per heavy atom. The van der Waals surface area contributed by atoms with Crippen LogP contribution in [0.1, 0.15) is 39.2 Å². The molecule has 0 bridgehead atoms. The molecule has 0 saturated heterocycles. The molecule has 0 saturated carbocycles. The fourth-order valence-corrected chi connectivity index (χ4v) is 2.39. The summed E-state index contributed by atoms with van der Waals surface area (Å²) in [5.41, 5.74) is 1.35. The normalized spacial score (nSPS) is 19.7. The minimum atomic E-state index is 0.309. The smallest absolute Gasteiger partial charge is 0.123 e. The molecule has 2 nitrogen and oxygen atoms in total. The molecule has 1 aliphatic heterocycles. The van der Waals surface area contributed by atoms with Gasteiger partial charge < -0.3 is 10.1 Å². The van der Waals surface area contributed by atoms with E-state index in [-0.39, 0.29) is 0 Å². The van der Waals surface area contributed by atoms with Crippen molar-refractivity contribution in [2.75, 3.05) is 6.54 Å². The van der Waals surface area contributed by atoms with Crippen LogP contribution in [0.4, 0.5) is 0 Å². The van der Waals surface area contributed by atoms with Crippen molar-refractivity contribution in [3.8, 4) is 5.75 Å². The Morgan fingerprint density at radius 3 is 2.72 bits per heavy atom. The quantitative estimate of drug-likeness (QED) is 0.832. The van der Waals surface area contributed by atoms with E-state index < -0.39 is 0 Å². The largest absolute Gasteiger partial charge is 0.488 e. The van der Waals surface area contributed by atoms with Crippen LogP contribution in [-0.2, 0) is 6.42 Å². The molecule has 2 rings (SSSR count). The van der Waals surface area contributed by atoms with Crippen LogP contribution < -0.4 is 10.1 Å². The Labute approximate surface area is 111 Å². The Kier molecular flexibility index (Phi) is 4.65. The van der Waals surface area contributed by atoms with Gasteiger partial charge in [0.25, 0.3) is 0 Å². The second-order valence-electron chi connectivity index (χ2n) is 5.83. The summed E-state index contributed by atoms with van der Waals surface area (Å²) in [5, 5.41) is 3.59. The van der Waals surface area contributed by atoms with Crippen LogP contribution in [0.15, 0.2) is 24.3 Å². The minimum absolute atomic E-state index is 0.309. The summed E-state index contributed by atoms with van der Waals surface area (Å²) in [6.45, 7) is 7.78. The highest BCUT2D eigenvalue weighted by molar-refractivity contribution is 5.37. The van der Waals surface area contributed by atoms with Crippen LogP contribution in [0.25, 0.3) is 0 Å². The van der Waals surface area contributed by atoms with Gasteiger partial charge in [-0.05, 0) is 37.3 Å². The van der Waals surface area contributed by atoms with E-state index in [1.54, 1.807) is 0 Å². The molecule has 18 heavy (non-hydrogen) atoms. The fraction of sp³-hybridized carbons (Fsp3) is 0.625. The summed E-state index contributed by atoms with van der Waals surface area (Å²) >= 11 is 0. The van der Waals surface area contributed by atoms with Gasteiger partial charge in [-0.2, -0.15) is 0 Å². The predicted octanol–water partition coefficient (Wildman–Crippen LogP) is 3.40. The van der Waals surface area contributed by atoms with E-state index in [4.69, 9.17) is 4.74 Å². The Balaban J connectivity index is 1.70. The molecule has 100 valence electrons. The number of rotatable bonds is 6. The zero-order chi connectivity index (χ0) is 13.0. The van der Waals surface area contributed by atoms with Gasteiger partial charge in [0, 0.05) is 19.0 Å². The third kappa shape index (κ3) is 3.74. The Morgan fingerprint density at radius 1 is 1.22 bits per heavy atom. The molecular weight excluding hydrogens is 222 g/mol. The third-order valence-electron chi connectivity index (χ3n) is 3.58. The highest BCUT2D eigenvalue weighted by Gasteiger charge is 2.22. The van der Waals surface area contributed by atoms with E-state index in [1.165, 1.54) is 18.4 Å². The van der Waals surface area contributed by atoms with E-state index in [1.807, 2.05) is 6.07 Å². The highest BCUT2D eigenvalue weighted by Crippen LogP contribution is 2.27. The molecule has 2 atom stereocenters. The average molecular weight is 247 g/mol. The van der Waals surface area contributed by atoms with Crippen molar-refractivity contribution in [1.29, 1.82) is 0 Å². The molecule has 2 heteroatoms. The summed E-state index contributed by atoms with van der Waals surface area (Å²) in [5.74, 6) is 1.86. The zero-order valence-electron chi connectivity index (χ0n) is 11.8. The van der Waals surface area contributed by atoms with Gasteiger partial charge in [0.2, 0.25) is 0 Å². The zero-order valence-corrected chi connectivity index (χ0v) is 11.8. The summed E-state index contributed by atoms with van der Waals surface area (Å²) in [4.78, 5) is 0. The van der Waals surface area contributed by atoms with Crippen molar-refractivity contribution < 1.29 is 4.74 Å². The van der Waals surface area contributed by atoms with Crippen LogP contribution in [0.2, 0.25) is 0 Å². The number of para-hydroxylation sites is 1. The van der Waals surface area contributed by atoms with E-state index >= 15 is 0 Å². The summed E-state index contributed by atoms with van der Waals surface area (Å²) in [6.07, 6.45) is 3.89. The van der Waals surface area contributed by atoms with E-state index in [0.29, 0.717) is 12.1 Å². The monoisotopic (exact) mass is 247 g/mol. The van der Waals surface area contributed by atoms with Crippen molar-refractivity contribution in [3.63, 3.8) is 0 Å². The van der Waals surface area contributed by atoms with E-state index in [2.05, 4.69) is 44.3 Å². The van der Waals surface area contributed by atoms with Gasteiger partial charge in [0.15, 0.2) is 0 Å². The number of benzene rings is 1. The van der Waals surface area contributed by atoms with Crippen molar-refractivity contribution in [3.05, 3.63) is 29.8 Å². The standard InChI is InChI=1S/C16H25NO/c1-12(2)8-9-13(3)17-11-15-10-14-6-4-5-7-16(14)18-15/h4-7,12-13,15,17H,8-11H2,1-3H3. The lowest BCUT2D eigenvalue weighted by atomic mass is 10.0. The van der Waals surface area contributed by atoms with Gasteiger partial charge >= 0.3 is 0 Å². The molecule has 1 heterocycles. The molecule has 1 aliphatic rings. The topological polar surface area (TPSA) is 21.3 Å². The molecule has 0 spiro atoms. The summed E-state index contributed by atoms with van der Waals surface area (Å²) in [6, 6.07) is 8.94. The second-order valence-corrected chi connectivity index (χ2v) is 5.83. The molecule has 1 aromatic carbocycles. The molecule has 0 radical (unpaired) electrons. The SMILES string of the molecule is CC(C)CCC(C)NCC1Cc2ccccc2O1. The maximum absolute atomic E-state index is 5.92. The number of hydrogen-bond acceptors (Lipinski definition) is 2. The molecule has 1 aromatic rings. The summed E-state index contributed by atoms with van der Waals surface area (Å²) in [7, 11) is 0. The first-order valence-corrected chi connectivity index (χ1v) is 7.13. The second kappa shape index (κ2) is 6.24.